The Morgan fingerprint density at radius 2 is 2.09 bits per heavy atom. The van der Waals surface area contributed by atoms with Crippen molar-refractivity contribution in [2.24, 2.45) is 5.73 Å². The van der Waals surface area contributed by atoms with Crippen molar-refractivity contribution >= 4 is 5.91 Å². The highest BCUT2D eigenvalue weighted by molar-refractivity contribution is 5.97. The number of carbonyl (C=O) groups excluding carboxylic acids is 1. The second kappa shape index (κ2) is 8.41. The molecule has 0 fully saturated rings. The van der Waals surface area contributed by atoms with Crippen LogP contribution in [0.5, 0.6) is 0 Å². The summed E-state index contributed by atoms with van der Waals surface area (Å²) < 4.78 is 5.12. The lowest BCUT2D eigenvalue weighted by atomic mass is 10.1. The Balaban J connectivity index is 1.87. The molecule has 0 bridgehead atoms. The lowest BCUT2D eigenvalue weighted by Crippen LogP contribution is -2.25. The molecule has 4 N–H and O–H groups in total. The maximum absolute atomic E-state index is 11.9. The van der Waals surface area contributed by atoms with Crippen molar-refractivity contribution in [1.29, 1.82) is 5.26 Å². The number of amides is 1. The number of benzene rings is 1. The molecule has 0 atom stereocenters. The first-order valence-corrected chi connectivity index (χ1v) is 7.15. The highest BCUT2D eigenvalue weighted by atomic mass is 16.3. The number of nitrogens with two attached hydrogens (primary N) is 1. The summed E-state index contributed by atoms with van der Waals surface area (Å²) in [6.45, 7) is 1.22. The van der Waals surface area contributed by atoms with Crippen molar-refractivity contribution in [3.05, 3.63) is 71.3 Å². The van der Waals surface area contributed by atoms with Gasteiger partial charge in [-0.3, -0.25) is 4.79 Å². The maximum atomic E-state index is 11.9. The molecule has 1 aromatic carbocycles. The van der Waals surface area contributed by atoms with Gasteiger partial charge in [0.1, 0.15) is 17.4 Å². The molecule has 23 heavy (non-hydrogen) atoms. The zero-order chi connectivity index (χ0) is 16.5. The molecule has 1 aromatic heterocycles. The number of nitriles is 1. The molecule has 0 radical (unpaired) electrons. The van der Waals surface area contributed by atoms with Gasteiger partial charge in [0.25, 0.3) is 5.91 Å². The van der Waals surface area contributed by atoms with E-state index in [4.69, 9.17) is 15.4 Å². The normalized spacial score (nSPS) is 10.9. The quantitative estimate of drug-likeness (QED) is 0.532. The minimum atomic E-state index is -0.452. The Morgan fingerprint density at radius 1 is 1.26 bits per heavy atom. The van der Waals surface area contributed by atoms with Gasteiger partial charge in [-0.25, -0.2) is 0 Å². The van der Waals surface area contributed by atoms with Crippen molar-refractivity contribution < 1.29 is 9.21 Å². The fourth-order valence-corrected chi connectivity index (χ4v) is 1.96. The van der Waals surface area contributed by atoms with Crippen LogP contribution in [-0.4, -0.2) is 5.91 Å². The first-order chi connectivity index (χ1) is 11.2. The van der Waals surface area contributed by atoms with Crippen molar-refractivity contribution in [2.45, 2.75) is 19.6 Å². The topological polar surface area (TPSA) is 104 Å². The van der Waals surface area contributed by atoms with Gasteiger partial charge in [0.2, 0.25) is 0 Å². The molecular weight excluding hydrogens is 292 g/mol. The van der Waals surface area contributed by atoms with E-state index in [1.54, 1.807) is 12.1 Å². The van der Waals surface area contributed by atoms with Gasteiger partial charge in [-0.2, -0.15) is 5.26 Å². The fourth-order valence-electron chi connectivity index (χ4n) is 1.96. The summed E-state index contributed by atoms with van der Waals surface area (Å²) in [5.74, 6) is 0.175. The van der Waals surface area contributed by atoms with E-state index in [1.165, 1.54) is 12.5 Å². The van der Waals surface area contributed by atoms with Gasteiger partial charge in [0.05, 0.1) is 12.8 Å². The number of nitrogens with one attached hydrogen (secondary N) is 2. The Morgan fingerprint density at radius 3 is 2.78 bits per heavy atom. The second-order valence-corrected chi connectivity index (χ2v) is 4.84. The molecule has 0 aliphatic rings. The van der Waals surface area contributed by atoms with Gasteiger partial charge in [0, 0.05) is 19.3 Å². The third kappa shape index (κ3) is 5.02. The van der Waals surface area contributed by atoms with Gasteiger partial charge in [0.15, 0.2) is 0 Å². The van der Waals surface area contributed by atoms with Crippen LogP contribution in [0.25, 0.3) is 0 Å². The van der Waals surface area contributed by atoms with Gasteiger partial charge in [-0.1, -0.05) is 24.3 Å². The fraction of sp³-hybridized carbons (Fsp3) is 0.176. The Kier molecular flexibility index (Phi) is 5.98. The molecule has 1 amide bonds. The number of carbonyl (C=O) groups is 1. The first-order valence-electron chi connectivity index (χ1n) is 7.15. The molecule has 0 aliphatic carbocycles. The van der Waals surface area contributed by atoms with Gasteiger partial charge < -0.3 is 20.8 Å². The molecule has 0 spiro atoms. The van der Waals surface area contributed by atoms with E-state index in [1.807, 2.05) is 30.3 Å². The summed E-state index contributed by atoms with van der Waals surface area (Å²) in [6.07, 6.45) is 2.94. The van der Waals surface area contributed by atoms with E-state index in [-0.39, 0.29) is 12.1 Å². The van der Waals surface area contributed by atoms with Crippen molar-refractivity contribution in [3.63, 3.8) is 0 Å². The summed E-state index contributed by atoms with van der Waals surface area (Å²) in [6, 6.07) is 13.2. The lowest BCUT2D eigenvalue weighted by molar-refractivity contribution is -0.117. The summed E-state index contributed by atoms with van der Waals surface area (Å²) >= 11 is 0. The molecule has 0 aliphatic heterocycles. The molecule has 118 valence electrons. The minimum absolute atomic E-state index is 0.00605. The Bertz CT molecular complexity index is 714. The van der Waals surface area contributed by atoms with Crippen LogP contribution in [-0.2, 0) is 24.4 Å². The van der Waals surface area contributed by atoms with E-state index >= 15 is 0 Å². The number of hydrogen-bond donors (Lipinski definition) is 3. The van der Waals surface area contributed by atoms with Crippen LogP contribution in [0, 0.1) is 11.3 Å². The summed E-state index contributed by atoms with van der Waals surface area (Å²) in [4.78, 5) is 11.9. The van der Waals surface area contributed by atoms with E-state index in [2.05, 4.69) is 10.6 Å². The van der Waals surface area contributed by atoms with Gasteiger partial charge in [-0.05, 0) is 23.3 Å². The molecule has 0 saturated carbocycles. The van der Waals surface area contributed by atoms with Gasteiger partial charge >= 0.3 is 0 Å². The highest BCUT2D eigenvalue weighted by Crippen LogP contribution is 2.04. The largest absolute Gasteiger partial charge is 0.467 e. The molecule has 2 aromatic rings. The highest BCUT2D eigenvalue weighted by Gasteiger charge is 2.08. The minimum Gasteiger partial charge on any atom is -0.467 e. The SMILES string of the molecule is N#C/C(=C/NCc1cccc(CN)c1)C(=O)NCc1ccco1. The molecule has 1 heterocycles. The standard InChI is InChI=1S/C17H18N4O2/c18-8-13-3-1-4-14(7-13)10-20-11-15(9-19)17(22)21-12-16-5-2-6-23-16/h1-7,11,20H,8,10,12,18H2,(H,21,22)/b15-11-. The molecule has 0 saturated heterocycles. The zero-order valence-corrected chi connectivity index (χ0v) is 12.6. The monoisotopic (exact) mass is 310 g/mol. The van der Waals surface area contributed by atoms with Crippen LogP contribution in [0.3, 0.4) is 0 Å². The predicted molar refractivity (Wildman–Crippen MR) is 85.4 cm³/mol. The van der Waals surface area contributed by atoms with Gasteiger partial charge in [-0.15, -0.1) is 0 Å². The summed E-state index contributed by atoms with van der Waals surface area (Å²) in [5.41, 5.74) is 7.66. The van der Waals surface area contributed by atoms with E-state index in [0.717, 1.165) is 11.1 Å². The van der Waals surface area contributed by atoms with E-state index in [9.17, 15) is 4.79 Å². The van der Waals surface area contributed by atoms with Crippen LogP contribution in [0.1, 0.15) is 16.9 Å². The molecule has 0 unspecified atom stereocenters. The summed E-state index contributed by atoms with van der Waals surface area (Å²) in [7, 11) is 0. The number of nitrogens with zero attached hydrogens (tertiary/aromatic N) is 1. The van der Waals surface area contributed by atoms with Crippen LogP contribution >= 0.6 is 0 Å². The summed E-state index contributed by atoms with van der Waals surface area (Å²) in [5, 5.41) is 14.7. The lowest BCUT2D eigenvalue weighted by Gasteiger charge is -2.05. The number of rotatable bonds is 7. The van der Waals surface area contributed by atoms with Crippen molar-refractivity contribution in [3.8, 4) is 6.07 Å². The van der Waals surface area contributed by atoms with Crippen LogP contribution < -0.4 is 16.4 Å². The predicted octanol–water partition coefficient (Wildman–Crippen LogP) is 1.55. The second-order valence-electron chi connectivity index (χ2n) is 4.84. The zero-order valence-electron chi connectivity index (χ0n) is 12.6. The van der Waals surface area contributed by atoms with Crippen LogP contribution in [0.4, 0.5) is 0 Å². The smallest absolute Gasteiger partial charge is 0.263 e. The van der Waals surface area contributed by atoms with E-state index in [0.29, 0.717) is 18.8 Å². The average Bonchev–Trinajstić information content (AvgIpc) is 3.10. The maximum Gasteiger partial charge on any atom is 0.263 e. The molecule has 6 nitrogen and oxygen atoms in total. The Hall–Kier alpha value is -3.04. The Labute approximate surface area is 134 Å². The number of furan rings is 1. The average molecular weight is 310 g/mol. The first kappa shape index (κ1) is 16.3. The third-order valence-electron chi connectivity index (χ3n) is 3.15. The van der Waals surface area contributed by atoms with Crippen LogP contribution in [0.2, 0.25) is 0 Å². The van der Waals surface area contributed by atoms with Crippen molar-refractivity contribution in [2.75, 3.05) is 0 Å². The molecule has 2 rings (SSSR count). The molecule has 6 heteroatoms. The third-order valence-corrected chi connectivity index (χ3v) is 3.15. The van der Waals surface area contributed by atoms with E-state index < -0.39 is 5.91 Å². The van der Waals surface area contributed by atoms with Crippen molar-refractivity contribution in [1.82, 2.24) is 10.6 Å². The molecular formula is C17H18N4O2. The number of hydrogen-bond acceptors (Lipinski definition) is 5. The van der Waals surface area contributed by atoms with Crippen LogP contribution in [0.15, 0.2) is 58.9 Å².